The predicted octanol–water partition coefficient (Wildman–Crippen LogP) is 2.38. The lowest BCUT2D eigenvalue weighted by atomic mass is 10.3. The Labute approximate surface area is 135 Å². The van der Waals surface area contributed by atoms with Gasteiger partial charge in [0.15, 0.2) is 0 Å². The molecule has 0 heterocycles. The van der Waals surface area contributed by atoms with Gasteiger partial charge in [-0.1, -0.05) is 0 Å². The topological polar surface area (TPSA) is 120 Å². The van der Waals surface area contributed by atoms with Gasteiger partial charge in [-0.15, -0.1) is 0 Å². The molecule has 2 atom stereocenters. The van der Waals surface area contributed by atoms with Gasteiger partial charge in [0.1, 0.15) is 5.08 Å². The average Bonchev–Trinajstić information content (AvgIpc) is 2.54. The van der Waals surface area contributed by atoms with E-state index in [0.29, 0.717) is 9.79 Å². The highest BCUT2D eigenvalue weighted by Crippen LogP contribution is 2.18. The number of nitro groups is 2. The van der Waals surface area contributed by atoms with Gasteiger partial charge in [0, 0.05) is 34.1 Å². The largest absolute Gasteiger partial charge is 0.269 e. The van der Waals surface area contributed by atoms with E-state index in [-0.39, 0.29) is 16.5 Å². The zero-order valence-electron chi connectivity index (χ0n) is 11.5. The van der Waals surface area contributed by atoms with Crippen LogP contribution in [0.2, 0.25) is 0 Å². The number of hydrogen-bond acceptors (Lipinski definition) is 6. The summed E-state index contributed by atoms with van der Waals surface area (Å²) in [5.74, 6) is 0. The van der Waals surface area contributed by atoms with Crippen LogP contribution in [-0.2, 0) is 21.6 Å². The van der Waals surface area contributed by atoms with E-state index in [1.807, 2.05) is 0 Å². The predicted molar refractivity (Wildman–Crippen MR) is 83.9 cm³/mol. The fourth-order valence-electron chi connectivity index (χ4n) is 1.67. The van der Waals surface area contributed by atoms with Gasteiger partial charge in [0.05, 0.1) is 31.4 Å². The molecule has 0 aromatic heterocycles. The Hall–Kier alpha value is -2.46. The van der Waals surface area contributed by atoms with Gasteiger partial charge >= 0.3 is 0 Å². The Morgan fingerprint density at radius 3 is 1.26 bits per heavy atom. The van der Waals surface area contributed by atoms with Crippen molar-refractivity contribution < 1.29 is 18.3 Å². The van der Waals surface area contributed by atoms with Crippen LogP contribution >= 0.6 is 0 Å². The summed E-state index contributed by atoms with van der Waals surface area (Å²) in [5.41, 5.74) is -0.246. The van der Waals surface area contributed by atoms with Gasteiger partial charge in [0.2, 0.25) is 0 Å². The molecular weight excluding hydrogens is 344 g/mol. The van der Waals surface area contributed by atoms with Crippen molar-refractivity contribution in [1.82, 2.24) is 0 Å². The molecule has 0 radical (unpaired) electrons. The Balaban J connectivity index is 2.08. The van der Waals surface area contributed by atoms with Crippen LogP contribution in [0.25, 0.3) is 0 Å². The molecule has 0 amide bonds. The van der Waals surface area contributed by atoms with Crippen molar-refractivity contribution in [1.29, 1.82) is 0 Å². The summed E-state index contributed by atoms with van der Waals surface area (Å²) in [6.07, 6.45) is 0. The molecule has 0 saturated carbocycles. The molecule has 2 aromatic carbocycles. The smallest absolute Gasteiger partial charge is 0.258 e. The molecule has 0 aliphatic rings. The SMILES string of the molecule is O=[N+]([O-])c1ccc([S@](=O)C[S@](=O)c2ccc([N+](=O)[O-])cc2)cc1. The molecule has 0 spiro atoms. The van der Waals surface area contributed by atoms with Crippen LogP contribution in [0.5, 0.6) is 0 Å². The van der Waals surface area contributed by atoms with Crippen LogP contribution in [0.15, 0.2) is 58.3 Å². The standard InChI is InChI=1S/C13H10N2O6S2/c16-14(17)10-1-5-12(6-2-10)22(20)9-23(21)13-7-3-11(4-8-13)15(18)19/h1-8H,9H2/t22-,23+. The van der Waals surface area contributed by atoms with Crippen molar-refractivity contribution in [3.63, 3.8) is 0 Å². The third kappa shape index (κ3) is 4.27. The van der Waals surface area contributed by atoms with E-state index in [2.05, 4.69) is 0 Å². The molecule has 0 bridgehead atoms. The molecule has 0 aliphatic carbocycles. The molecule has 10 heteroatoms. The summed E-state index contributed by atoms with van der Waals surface area (Å²) in [7, 11) is -3.21. The summed E-state index contributed by atoms with van der Waals surface area (Å²) >= 11 is 0. The number of hydrogen-bond donors (Lipinski definition) is 0. The highest BCUT2D eigenvalue weighted by atomic mass is 32.2. The minimum atomic E-state index is -1.61. The Kier molecular flexibility index (Phi) is 5.29. The van der Waals surface area contributed by atoms with E-state index in [1.54, 1.807) is 0 Å². The molecule has 23 heavy (non-hydrogen) atoms. The van der Waals surface area contributed by atoms with Crippen molar-refractivity contribution in [2.45, 2.75) is 9.79 Å². The summed E-state index contributed by atoms with van der Waals surface area (Å²) in [6, 6.07) is 10.3. The van der Waals surface area contributed by atoms with Crippen LogP contribution in [0.4, 0.5) is 11.4 Å². The molecule has 0 N–H and O–H groups in total. The van der Waals surface area contributed by atoms with Crippen molar-refractivity contribution in [2.75, 3.05) is 5.08 Å². The summed E-state index contributed by atoms with van der Waals surface area (Å²) < 4.78 is 24.2. The second-order valence-corrected chi connectivity index (χ2v) is 7.58. The average molecular weight is 354 g/mol. The lowest BCUT2D eigenvalue weighted by Crippen LogP contribution is -2.05. The van der Waals surface area contributed by atoms with Crippen molar-refractivity contribution in [3.8, 4) is 0 Å². The quantitative estimate of drug-likeness (QED) is 0.580. The third-order valence-corrected chi connectivity index (χ3v) is 6.14. The highest BCUT2D eigenvalue weighted by molar-refractivity contribution is 8.01. The number of nitrogens with zero attached hydrogens (tertiary/aromatic N) is 2. The Morgan fingerprint density at radius 1 is 0.696 bits per heavy atom. The first-order valence-electron chi connectivity index (χ1n) is 6.14. The normalized spacial score (nSPS) is 13.2. The molecular formula is C13H10N2O6S2. The van der Waals surface area contributed by atoms with Crippen LogP contribution in [0.3, 0.4) is 0 Å². The van der Waals surface area contributed by atoms with Crippen LogP contribution in [0, 0.1) is 20.2 Å². The summed E-state index contributed by atoms with van der Waals surface area (Å²) in [5, 5.41) is 20.9. The van der Waals surface area contributed by atoms with Gasteiger partial charge in [-0.2, -0.15) is 0 Å². The second-order valence-electron chi connectivity index (χ2n) is 4.31. The zero-order valence-corrected chi connectivity index (χ0v) is 13.1. The van der Waals surface area contributed by atoms with E-state index in [1.165, 1.54) is 48.5 Å². The number of benzene rings is 2. The fourth-order valence-corrected chi connectivity index (χ4v) is 4.42. The molecule has 2 aromatic rings. The van der Waals surface area contributed by atoms with Gasteiger partial charge in [-0.05, 0) is 24.3 Å². The van der Waals surface area contributed by atoms with Gasteiger partial charge in [-0.3, -0.25) is 28.6 Å². The monoisotopic (exact) mass is 354 g/mol. The van der Waals surface area contributed by atoms with E-state index in [9.17, 15) is 28.6 Å². The first kappa shape index (κ1) is 16.9. The zero-order chi connectivity index (χ0) is 17.0. The minimum Gasteiger partial charge on any atom is -0.258 e. The molecule has 0 saturated heterocycles. The van der Waals surface area contributed by atoms with Gasteiger partial charge in [-0.25, -0.2) is 0 Å². The molecule has 120 valence electrons. The minimum absolute atomic E-state index is 0.123. The fraction of sp³-hybridized carbons (Fsp3) is 0.0769. The molecule has 0 aliphatic heterocycles. The lowest BCUT2D eigenvalue weighted by Gasteiger charge is -2.03. The third-order valence-electron chi connectivity index (χ3n) is 2.83. The van der Waals surface area contributed by atoms with Gasteiger partial charge < -0.3 is 0 Å². The van der Waals surface area contributed by atoms with E-state index in [0.717, 1.165) is 0 Å². The second kappa shape index (κ2) is 7.20. The Morgan fingerprint density at radius 2 is 1.00 bits per heavy atom. The maximum absolute atomic E-state index is 12.1. The van der Waals surface area contributed by atoms with Crippen LogP contribution in [-0.4, -0.2) is 23.3 Å². The molecule has 0 unspecified atom stereocenters. The maximum Gasteiger partial charge on any atom is 0.269 e. The summed E-state index contributed by atoms with van der Waals surface area (Å²) in [6.45, 7) is 0. The number of non-ortho nitro benzene ring substituents is 2. The van der Waals surface area contributed by atoms with E-state index >= 15 is 0 Å². The lowest BCUT2D eigenvalue weighted by molar-refractivity contribution is -0.385. The first-order valence-corrected chi connectivity index (χ1v) is 8.78. The summed E-state index contributed by atoms with van der Waals surface area (Å²) in [4.78, 5) is 20.6. The van der Waals surface area contributed by atoms with Crippen molar-refractivity contribution in [2.24, 2.45) is 0 Å². The Bertz CT molecular complexity index is 722. The van der Waals surface area contributed by atoms with Gasteiger partial charge in [0.25, 0.3) is 11.4 Å². The number of rotatable bonds is 6. The van der Waals surface area contributed by atoms with E-state index in [4.69, 9.17) is 0 Å². The molecule has 2 rings (SSSR count). The molecule has 0 fully saturated rings. The van der Waals surface area contributed by atoms with Crippen molar-refractivity contribution >= 4 is 33.0 Å². The first-order chi connectivity index (χ1) is 10.9. The van der Waals surface area contributed by atoms with Crippen LogP contribution in [0.1, 0.15) is 0 Å². The maximum atomic E-state index is 12.1. The molecule has 8 nitrogen and oxygen atoms in total. The highest BCUT2D eigenvalue weighted by Gasteiger charge is 2.14. The number of nitro benzene ring substituents is 2. The van der Waals surface area contributed by atoms with Crippen molar-refractivity contribution in [3.05, 3.63) is 68.8 Å². The van der Waals surface area contributed by atoms with Crippen LogP contribution < -0.4 is 0 Å². The van der Waals surface area contributed by atoms with E-state index < -0.39 is 31.4 Å².